The Hall–Kier alpha value is -0.140. The zero-order valence-electron chi connectivity index (χ0n) is 9.45. The Morgan fingerprint density at radius 1 is 1.15 bits per heavy atom. The van der Waals surface area contributed by atoms with E-state index in [1.807, 2.05) is 27.7 Å². The van der Waals surface area contributed by atoms with Gasteiger partial charge >= 0.3 is 0 Å². The van der Waals surface area contributed by atoms with Gasteiger partial charge in [0.1, 0.15) is 0 Å². The molecule has 0 N–H and O–H groups in total. The summed E-state index contributed by atoms with van der Waals surface area (Å²) in [4.78, 5) is 0. The minimum atomic E-state index is -2.41. The molecular formula is C11H22F2. The molecule has 80 valence electrons. The highest BCUT2D eigenvalue weighted by molar-refractivity contribution is 4.88. The Morgan fingerprint density at radius 3 is 1.92 bits per heavy atom. The molecule has 1 fully saturated rings. The van der Waals surface area contributed by atoms with Crippen LogP contribution in [0.3, 0.4) is 0 Å². The van der Waals surface area contributed by atoms with Gasteiger partial charge in [-0.15, -0.1) is 0 Å². The molecule has 0 aromatic rings. The zero-order valence-corrected chi connectivity index (χ0v) is 9.45. The first-order chi connectivity index (χ1) is 5.83. The van der Waals surface area contributed by atoms with E-state index >= 15 is 0 Å². The summed E-state index contributed by atoms with van der Waals surface area (Å²) >= 11 is 0. The predicted octanol–water partition coefficient (Wildman–Crippen LogP) is 4.49. The Bertz CT molecular complexity index is 150. The summed E-state index contributed by atoms with van der Waals surface area (Å²) in [5.41, 5.74) is -0.179. The topological polar surface area (TPSA) is 0 Å². The number of halogens is 2. The van der Waals surface area contributed by atoms with E-state index in [1.54, 1.807) is 0 Å². The SMILES string of the molecule is CC.CC1CCC(F)(F)CC1(C)C. The van der Waals surface area contributed by atoms with Gasteiger partial charge < -0.3 is 0 Å². The molecule has 13 heavy (non-hydrogen) atoms. The molecule has 1 saturated carbocycles. The van der Waals surface area contributed by atoms with Crippen LogP contribution in [0.4, 0.5) is 8.78 Å². The normalized spacial score (nSPS) is 30.2. The van der Waals surface area contributed by atoms with Crippen LogP contribution in [0, 0.1) is 11.3 Å². The lowest BCUT2D eigenvalue weighted by Gasteiger charge is -2.40. The van der Waals surface area contributed by atoms with Crippen LogP contribution in [-0.2, 0) is 0 Å². The van der Waals surface area contributed by atoms with E-state index in [4.69, 9.17) is 0 Å². The van der Waals surface area contributed by atoms with Gasteiger partial charge in [-0.25, -0.2) is 8.78 Å². The molecule has 0 radical (unpaired) electrons. The van der Waals surface area contributed by atoms with Crippen molar-refractivity contribution in [3.05, 3.63) is 0 Å². The first-order valence-corrected chi connectivity index (χ1v) is 5.21. The van der Waals surface area contributed by atoms with E-state index in [1.165, 1.54) is 0 Å². The molecule has 1 aliphatic rings. The van der Waals surface area contributed by atoms with Crippen molar-refractivity contribution in [1.82, 2.24) is 0 Å². The van der Waals surface area contributed by atoms with Crippen LogP contribution >= 0.6 is 0 Å². The molecular weight excluding hydrogens is 170 g/mol. The van der Waals surface area contributed by atoms with Gasteiger partial charge in [-0.05, 0) is 17.8 Å². The van der Waals surface area contributed by atoms with Gasteiger partial charge in [-0.2, -0.15) is 0 Å². The van der Waals surface area contributed by atoms with E-state index in [0.717, 1.165) is 0 Å². The van der Waals surface area contributed by atoms with Gasteiger partial charge in [0, 0.05) is 12.8 Å². The predicted molar refractivity (Wildman–Crippen MR) is 53.1 cm³/mol. The minimum absolute atomic E-state index is 0.0567. The fourth-order valence-corrected chi connectivity index (χ4v) is 1.75. The third-order valence-electron chi connectivity index (χ3n) is 2.99. The van der Waals surface area contributed by atoms with E-state index < -0.39 is 5.92 Å². The van der Waals surface area contributed by atoms with E-state index in [9.17, 15) is 8.78 Å². The quantitative estimate of drug-likeness (QED) is 0.530. The third kappa shape index (κ3) is 3.61. The number of hydrogen-bond acceptors (Lipinski definition) is 0. The van der Waals surface area contributed by atoms with Gasteiger partial charge in [-0.1, -0.05) is 34.6 Å². The summed E-state index contributed by atoms with van der Waals surface area (Å²) in [5.74, 6) is -1.97. The maximum absolute atomic E-state index is 12.9. The highest BCUT2D eigenvalue weighted by atomic mass is 19.3. The molecule has 0 nitrogen and oxygen atoms in total. The lowest BCUT2D eigenvalue weighted by molar-refractivity contribution is -0.0921. The van der Waals surface area contributed by atoms with Crippen LogP contribution in [-0.4, -0.2) is 5.92 Å². The standard InChI is InChI=1S/C9H16F2.C2H6/c1-7-4-5-9(10,11)6-8(7,2)3;1-2/h7H,4-6H2,1-3H3;1-2H3. The van der Waals surface area contributed by atoms with Crippen LogP contribution in [0.15, 0.2) is 0 Å². The van der Waals surface area contributed by atoms with Crippen molar-refractivity contribution in [1.29, 1.82) is 0 Å². The van der Waals surface area contributed by atoms with Crippen LogP contribution in [0.25, 0.3) is 0 Å². The highest BCUT2D eigenvalue weighted by Gasteiger charge is 2.43. The number of rotatable bonds is 0. The van der Waals surface area contributed by atoms with Crippen LogP contribution in [0.5, 0.6) is 0 Å². The summed E-state index contributed by atoms with van der Waals surface area (Å²) in [6.07, 6.45) is 0.804. The van der Waals surface area contributed by atoms with Crippen molar-refractivity contribution in [3.8, 4) is 0 Å². The molecule has 0 aromatic heterocycles. The van der Waals surface area contributed by atoms with E-state index in [2.05, 4.69) is 6.92 Å². The molecule has 1 rings (SSSR count). The molecule has 0 heterocycles. The summed E-state index contributed by atoms with van der Waals surface area (Å²) in [7, 11) is 0. The van der Waals surface area contributed by atoms with Gasteiger partial charge in [0.15, 0.2) is 0 Å². The van der Waals surface area contributed by atoms with Gasteiger partial charge in [0.25, 0.3) is 0 Å². The molecule has 0 saturated heterocycles. The largest absolute Gasteiger partial charge is 0.248 e. The van der Waals surface area contributed by atoms with Gasteiger partial charge in [0.05, 0.1) is 0 Å². The molecule has 1 atom stereocenters. The number of alkyl halides is 2. The van der Waals surface area contributed by atoms with Crippen molar-refractivity contribution in [2.24, 2.45) is 11.3 Å². The van der Waals surface area contributed by atoms with Crippen LogP contribution < -0.4 is 0 Å². The average molecular weight is 192 g/mol. The second kappa shape index (κ2) is 4.39. The minimum Gasteiger partial charge on any atom is -0.207 e. The highest BCUT2D eigenvalue weighted by Crippen LogP contribution is 2.47. The average Bonchev–Trinajstić information content (AvgIpc) is 2.00. The molecule has 0 bridgehead atoms. The molecule has 0 aliphatic heterocycles. The monoisotopic (exact) mass is 192 g/mol. The second-order valence-corrected chi connectivity index (χ2v) is 4.46. The van der Waals surface area contributed by atoms with Crippen LogP contribution in [0.2, 0.25) is 0 Å². The maximum atomic E-state index is 12.9. The lowest BCUT2D eigenvalue weighted by atomic mass is 9.68. The van der Waals surface area contributed by atoms with Crippen molar-refractivity contribution in [2.75, 3.05) is 0 Å². The Kier molecular flexibility index (Phi) is 4.34. The summed E-state index contributed by atoms with van der Waals surface area (Å²) < 4.78 is 25.7. The van der Waals surface area contributed by atoms with Crippen LogP contribution in [0.1, 0.15) is 53.9 Å². The van der Waals surface area contributed by atoms with Crippen molar-refractivity contribution >= 4 is 0 Å². The smallest absolute Gasteiger partial charge is 0.207 e. The molecule has 0 aromatic carbocycles. The maximum Gasteiger partial charge on any atom is 0.248 e. The fraction of sp³-hybridized carbons (Fsp3) is 1.00. The first kappa shape index (κ1) is 12.9. The molecule has 1 aliphatic carbocycles. The summed E-state index contributed by atoms with van der Waals surface area (Å²) in [5, 5.41) is 0. The Morgan fingerprint density at radius 2 is 1.62 bits per heavy atom. The van der Waals surface area contributed by atoms with Crippen molar-refractivity contribution in [2.45, 2.75) is 59.8 Å². The lowest BCUT2D eigenvalue weighted by Crippen LogP contribution is -2.36. The Labute approximate surface area is 80.7 Å². The van der Waals surface area contributed by atoms with E-state index in [0.29, 0.717) is 12.3 Å². The first-order valence-electron chi connectivity index (χ1n) is 5.21. The second-order valence-electron chi connectivity index (χ2n) is 4.46. The Balaban J connectivity index is 0.000000671. The summed E-state index contributed by atoms with van der Waals surface area (Å²) in [6.45, 7) is 9.94. The van der Waals surface area contributed by atoms with Gasteiger partial charge in [0.2, 0.25) is 5.92 Å². The molecule has 1 unspecified atom stereocenters. The molecule has 0 spiro atoms. The summed E-state index contributed by atoms with van der Waals surface area (Å²) in [6, 6.07) is 0. The fourth-order valence-electron chi connectivity index (χ4n) is 1.75. The molecule has 2 heteroatoms. The van der Waals surface area contributed by atoms with Crippen molar-refractivity contribution in [3.63, 3.8) is 0 Å². The molecule has 0 amide bonds. The van der Waals surface area contributed by atoms with Gasteiger partial charge in [-0.3, -0.25) is 0 Å². The van der Waals surface area contributed by atoms with E-state index in [-0.39, 0.29) is 18.3 Å². The zero-order chi connectivity index (χ0) is 10.7. The number of hydrogen-bond donors (Lipinski definition) is 0. The third-order valence-corrected chi connectivity index (χ3v) is 2.99. The van der Waals surface area contributed by atoms with Crippen molar-refractivity contribution < 1.29 is 8.78 Å².